The van der Waals surface area contributed by atoms with Gasteiger partial charge in [0.05, 0.1) is 16.7 Å². The van der Waals surface area contributed by atoms with Crippen LogP contribution in [0.15, 0.2) is 16.6 Å². The molecule has 1 aromatic rings. The van der Waals surface area contributed by atoms with E-state index >= 15 is 0 Å². The van der Waals surface area contributed by atoms with E-state index < -0.39 is 17.7 Å². The van der Waals surface area contributed by atoms with Crippen LogP contribution in [0.4, 0.5) is 8.78 Å². The Bertz CT molecular complexity index is 439. The van der Waals surface area contributed by atoms with Crippen LogP contribution in [0.5, 0.6) is 0 Å². The van der Waals surface area contributed by atoms with E-state index in [9.17, 15) is 13.9 Å². The molecule has 18 heavy (non-hydrogen) atoms. The van der Waals surface area contributed by atoms with Crippen LogP contribution in [0.1, 0.15) is 18.9 Å². The topological polar surface area (TPSA) is 29.5 Å². The number of ether oxygens (including phenoxy) is 1. The molecule has 0 aliphatic carbocycles. The summed E-state index contributed by atoms with van der Waals surface area (Å²) < 4.78 is 32.9. The summed E-state index contributed by atoms with van der Waals surface area (Å²) in [5.74, 6) is -1.33. The average Bonchev–Trinajstić information content (AvgIpc) is 2.76. The molecule has 1 saturated heterocycles. The van der Waals surface area contributed by atoms with Crippen molar-refractivity contribution in [3.8, 4) is 0 Å². The minimum Gasteiger partial charge on any atom is -0.392 e. The first-order chi connectivity index (χ1) is 8.50. The van der Waals surface area contributed by atoms with Gasteiger partial charge in [-0.3, -0.25) is 0 Å². The van der Waals surface area contributed by atoms with E-state index in [1.54, 1.807) is 0 Å². The van der Waals surface area contributed by atoms with E-state index in [2.05, 4.69) is 15.9 Å². The summed E-state index contributed by atoms with van der Waals surface area (Å²) in [6, 6.07) is 2.52. The number of benzene rings is 1. The molecule has 0 aromatic heterocycles. The molecule has 1 heterocycles. The lowest BCUT2D eigenvalue weighted by atomic mass is 9.91. The Morgan fingerprint density at radius 1 is 1.50 bits per heavy atom. The molecule has 0 bridgehead atoms. The second-order valence-electron chi connectivity index (χ2n) is 4.62. The van der Waals surface area contributed by atoms with Gasteiger partial charge in [-0.2, -0.15) is 0 Å². The van der Waals surface area contributed by atoms with E-state index in [1.165, 1.54) is 12.1 Å². The molecule has 5 heteroatoms. The normalized spacial score (nSPS) is 25.4. The fourth-order valence-corrected chi connectivity index (χ4v) is 2.74. The molecule has 2 rings (SSSR count). The predicted molar refractivity (Wildman–Crippen MR) is 67.3 cm³/mol. The highest BCUT2D eigenvalue weighted by molar-refractivity contribution is 9.10. The molecule has 0 spiro atoms. The van der Waals surface area contributed by atoms with Gasteiger partial charge >= 0.3 is 0 Å². The van der Waals surface area contributed by atoms with E-state index in [1.807, 2.05) is 6.92 Å². The largest absolute Gasteiger partial charge is 0.392 e. The summed E-state index contributed by atoms with van der Waals surface area (Å²) >= 11 is 3.02. The lowest BCUT2D eigenvalue weighted by Gasteiger charge is -2.21. The molecule has 1 N–H and O–H groups in total. The number of hydrogen-bond acceptors (Lipinski definition) is 2. The molecule has 0 amide bonds. The molecule has 3 atom stereocenters. The number of hydrogen-bond donors (Lipinski definition) is 1. The Morgan fingerprint density at radius 2 is 2.22 bits per heavy atom. The third-order valence-corrected chi connectivity index (χ3v) is 4.09. The third kappa shape index (κ3) is 2.73. The molecular formula is C13H15BrF2O2. The Labute approximate surface area is 113 Å². The summed E-state index contributed by atoms with van der Waals surface area (Å²) in [5.41, 5.74) is -0.0732. The van der Waals surface area contributed by atoms with Crippen molar-refractivity contribution in [2.24, 2.45) is 5.92 Å². The summed E-state index contributed by atoms with van der Waals surface area (Å²) in [6.07, 6.45) is -0.172. The fourth-order valence-electron chi connectivity index (χ4n) is 2.37. The van der Waals surface area contributed by atoms with Crippen LogP contribution in [0.3, 0.4) is 0 Å². The van der Waals surface area contributed by atoms with E-state index in [0.29, 0.717) is 6.61 Å². The summed E-state index contributed by atoms with van der Waals surface area (Å²) in [7, 11) is 0. The monoisotopic (exact) mass is 320 g/mol. The Balaban J connectivity index is 2.16. The lowest BCUT2D eigenvalue weighted by molar-refractivity contribution is 0.0432. The van der Waals surface area contributed by atoms with Crippen molar-refractivity contribution >= 4 is 15.9 Å². The zero-order valence-electron chi connectivity index (χ0n) is 10.00. The van der Waals surface area contributed by atoms with Crippen molar-refractivity contribution in [1.29, 1.82) is 0 Å². The maximum absolute atomic E-state index is 13.8. The number of halogens is 3. The fraction of sp³-hybridized carbons (Fsp3) is 0.538. The summed E-state index contributed by atoms with van der Waals surface area (Å²) in [4.78, 5) is 0. The van der Waals surface area contributed by atoms with E-state index in [4.69, 9.17) is 4.74 Å². The molecule has 0 radical (unpaired) electrons. The Morgan fingerprint density at radius 3 is 2.83 bits per heavy atom. The Hall–Kier alpha value is -0.520. The van der Waals surface area contributed by atoms with Crippen molar-refractivity contribution in [2.45, 2.75) is 32.0 Å². The molecule has 2 nitrogen and oxygen atoms in total. The molecular weight excluding hydrogens is 306 g/mol. The second-order valence-corrected chi connectivity index (χ2v) is 5.48. The minimum atomic E-state index is -0.791. The van der Waals surface area contributed by atoms with Gasteiger partial charge in [-0.05, 0) is 41.4 Å². The average molecular weight is 321 g/mol. The van der Waals surface area contributed by atoms with Crippen LogP contribution in [0.25, 0.3) is 0 Å². The second kappa shape index (κ2) is 5.63. The summed E-state index contributed by atoms with van der Waals surface area (Å²) in [6.45, 7) is 2.46. The number of aliphatic hydroxyl groups excluding tert-OH is 1. The van der Waals surface area contributed by atoms with Crippen LogP contribution in [0, 0.1) is 17.6 Å². The van der Waals surface area contributed by atoms with Gasteiger partial charge < -0.3 is 9.84 Å². The standard InChI is InChI=1S/C13H15BrF2O2/c1-7-8(4-5-18-7)12(17)6-9-11(15)3-2-10(14)13(9)16/h2-3,7-8,12,17H,4-6H2,1H3. The maximum atomic E-state index is 13.8. The summed E-state index contributed by atoms with van der Waals surface area (Å²) in [5, 5.41) is 10.1. The first-order valence-electron chi connectivity index (χ1n) is 5.92. The van der Waals surface area contributed by atoms with Crippen molar-refractivity contribution in [3.63, 3.8) is 0 Å². The maximum Gasteiger partial charge on any atom is 0.143 e. The van der Waals surface area contributed by atoms with Crippen molar-refractivity contribution < 1.29 is 18.6 Å². The van der Waals surface area contributed by atoms with Gasteiger partial charge in [0.15, 0.2) is 0 Å². The molecule has 1 aromatic carbocycles. The van der Waals surface area contributed by atoms with Crippen molar-refractivity contribution in [1.82, 2.24) is 0 Å². The molecule has 100 valence electrons. The van der Waals surface area contributed by atoms with Gasteiger partial charge in [0, 0.05) is 24.5 Å². The van der Waals surface area contributed by atoms with Gasteiger partial charge in [-0.1, -0.05) is 0 Å². The minimum absolute atomic E-state index is 0.0323. The first kappa shape index (κ1) is 13.9. The lowest BCUT2D eigenvalue weighted by Crippen LogP contribution is -2.28. The zero-order chi connectivity index (χ0) is 13.3. The van der Waals surface area contributed by atoms with Crippen LogP contribution in [-0.2, 0) is 11.2 Å². The molecule has 0 saturated carbocycles. The number of aliphatic hydroxyl groups is 1. The van der Waals surface area contributed by atoms with Gasteiger partial charge in [0.1, 0.15) is 11.6 Å². The van der Waals surface area contributed by atoms with Crippen LogP contribution < -0.4 is 0 Å². The predicted octanol–water partition coefficient (Wildman–Crippen LogP) is 3.06. The van der Waals surface area contributed by atoms with Crippen LogP contribution in [0.2, 0.25) is 0 Å². The van der Waals surface area contributed by atoms with Gasteiger partial charge in [-0.15, -0.1) is 0 Å². The van der Waals surface area contributed by atoms with Gasteiger partial charge in [-0.25, -0.2) is 8.78 Å². The number of rotatable bonds is 3. The molecule has 1 aliphatic heterocycles. The Kier molecular flexibility index (Phi) is 4.35. The van der Waals surface area contributed by atoms with E-state index in [0.717, 1.165) is 6.42 Å². The van der Waals surface area contributed by atoms with Gasteiger partial charge in [0.25, 0.3) is 0 Å². The van der Waals surface area contributed by atoms with Crippen LogP contribution >= 0.6 is 15.9 Å². The van der Waals surface area contributed by atoms with Gasteiger partial charge in [0.2, 0.25) is 0 Å². The molecule has 1 aliphatic rings. The third-order valence-electron chi connectivity index (χ3n) is 3.48. The SMILES string of the molecule is CC1OCCC1C(O)Cc1c(F)ccc(Br)c1F. The molecule has 3 unspecified atom stereocenters. The first-order valence-corrected chi connectivity index (χ1v) is 6.72. The zero-order valence-corrected chi connectivity index (χ0v) is 11.6. The van der Waals surface area contributed by atoms with Crippen molar-refractivity contribution in [2.75, 3.05) is 6.61 Å². The van der Waals surface area contributed by atoms with E-state index in [-0.39, 0.29) is 28.5 Å². The highest BCUT2D eigenvalue weighted by Gasteiger charge is 2.32. The quantitative estimate of drug-likeness (QED) is 0.867. The highest BCUT2D eigenvalue weighted by atomic mass is 79.9. The molecule has 1 fully saturated rings. The van der Waals surface area contributed by atoms with Crippen LogP contribution in [-0.4, -0.2) is 23.9 Å². The van der Waals surface area contributed by atoms with Crippen molar-refractivity contribution in [3.05, 3.63) is 33.8 Å². The smallest absolute Gasteiger partial charge is 0.143 e. The highest BCUT2D eigenvalue weighted by Crippen LogP contribution is 2.28.